The van der Waals surface area contributed by atoms with Crippen molar-refractivity contribution >= 4 is 5.91 Å². The molecule has 0 spiro atoms. The van der Waals surface area contributed by atoms with E-state index in [-0.39, 0.29) is 6.54 Å². The van der Waals surface area contributed by atoms with Gasteiger partial charge in [0.15, 0.2) is 6.10 Å². The second kappa shape index (κ2) is 7.47. The largest absolute Gasteiger partial charge is 0.367 e. The number of hydrogen-bond donors (Lipinski definition) is 1. The highest BCUT2D eigenvalue weighted by Crippen LogP contribution is 2.23. The van der Waals surface area contributed by atoms with Gasteiger partial charge in [0.05, 0.1) is 17.2 Å². The van der Waals surface area contributed by atoms with Crippen molar-refractivity contribution in [2.24, 2.45) is 0 Å². The van der Waals surface area contributed by atoms with E-state index in [2.05, 4.69) is 5.32 Å². The summed E-state index contributed by atoms with van der Waals surface area (Å²) >= 11 is 0. The molecule has 0 saturated carbocycles. The Bertz CT molecular complexity index is 719. The second-order valence-electron chi connectivity index (χ2n) is 4.78. The Balaban J connectivity index is 2.10. The highest BCUT2D eigenvalue weighted by atomic mass is 19.1. The minimum atomic E-state index is -1.38. The maximum Gasteiger partial charge on any atom is 0.254 e. The zero-order chi connectivity index (χ0) is 16.8. The van der Waals surface area contributed by atoms with Crippen LogP contribution < -0.4 is 5.32 Å². The van der Waals surface area contributed by atoms with Gasteiger partial charge < -0.3 is 10.1 Å². The van der Waals surface area contributed by atoms with E-state index in [1.165, 1.54) is 13.2 Å². The van der Waals surface area contributed by atoms with Crippen molar-refractivity contribution in [3.05, 3.63) is 70.8 Å². The Labute approximate surface area is 132 Å². The topological polar surface area (TPSA) is 62.1 Å². The van der Waals surface area contributed by atoms with E-state index in [1.807, 2.05) is 6.07 Å². The molecule has 0 aliphatic carbocycles. The van der Waals surface area contributed by atoms with Crippen LogP contribution in [0.5, 0.6) is 0 Å². The molecule has 2 rings (SSSR count). The van der Waals surface area contributed by atoms with Gasteiger partial charge in [-0.2, -0.15) is 5.26 Å². The molecule has 0 aliphatic rings. The minimum Gasteiger partial charge on any atom is -0.367 e. The predicted octanol–water partition coefficient (Wildman–Crippen LogP) is 2.84. The van der Waals surface area contributed by atoms with Crippen molar-refractivity contribution in [3.8, 4) is 6.07 Å². The van der Waals surface area contributed by atoms with Crippen LogP contribution in [0, 0.1) is 23.0 Å². The molecule has 1 atom stereocenters. The normalized spacial score (nSPS) is 11.6. The van der Waals surface area contributed by atoms with Crippen LogP contribution >= 0.6 is 0 Å². The summed E-state index contributed by atoms with van der Waals surface area (Å²) < 4.78 is 32.5. The molecule has 2 aromatic rings. The van der Waals surface area contributed by atoms with Gasteiger partial charge in [-0.05, 0) is 29.8 Å². The van der Waals surface area contributed by atoms with Crippen LogP contribution in [0.15, 0.2) is 42.5 Å². The van der Waals surface area contributed by atoms with Gasteiger partial charge in [-0.1, -0.05) is 18.2 Å². The van der Waals surface area contributed by atoms with Gasteiger partial charge >= 0.3 is 0 Å². The fourth-order valence-corrected chi connectivity index (χ4v) is 2.10. The summed E-state index contributed by atoms with van der Waals surface area (Å²) in [5, 5.41) is 11.3. The maximum atomic E-state index is 13.8. The number of nitrogens with one attached hydrogen (secondary N) is 1. The van der Waals surface area contributed by atoms with Crippen molar-refractivity contribution in [1.29, 1.82) is 5.26 Å². The van der Waals surface area contributed by atoms with Gasteiger partial charge in [-0.3, -0.25) is 4.79 Å². The number of rotatable bonds is 5. The van der Waals surface area contributed by atoms with Crippen LogP contribution in [0.3, 0.4) is 0 Å². The number of halogens is 2. The summed E-state index contributed by atoms with van der Waals surface area (Å²) in [6.45, 7) is 0.153. The number of nitriles is 1. The lowest BCUT2D eigenvalue weighted by molar-refractivity contribution is -0.131. The van der Waals surface area contributed by atoms with Crippen LogP contribution in [-0.2, 0) is 16.1 Å². The Kier molecular flexibility index (Phi) is 5.39. The van der Waals surface area contributed by atoms with Crippen LogP contribution in [0.2, 0.25) is 0 Å². The molecule has 1 N–H and O–H groups in total. The lowest BCUT2D eigenvalue weighted by Crippen LogP contribution is -2.31. The number of ether oxygens (including phenoxy) is 1. The molecule has 4 nitrogen and oxygen atoms in total. The van der Waals surface area contributed by atoms with Crippen LogP contribution in [0.25, 0.3) is 0 Å². The first-order valence-electron chi connectivity index (χ1n) is 6.80. The fourth-order valence-electron chi connectivity index (χ4n) is 2.10. The van der Waals surface area contributed by atoms with Crippen molar-refractivity contribution in [3.63, 3.8) is 0 Å². The quantitative estimate of drug-likeness (QED) is 0.922. The maximum absolute atomic E-state index is 13.8. The number of nitrogens with zero attached hydrogens (tertiary/aromatic N) is 1. The minimum absolute atomic E-state index is 0.153. The number of amides is 1. The molecule has 0 heterocycles. The number of carbonyl (C=O) groups is 1. The molecule has 2 aromatic carbocycles. The van der Waals surface area contributed by atoms with Crippen LogP contribution in [0.4, 0.5) is 8.78 Å². The van der Waals surface area contributed by atoms with E-state index >= 15 is 0 Å². The van der Waals surface area contributed by atoms with E-state index in [1.54, 1.807) is 24.3 Å². The van der Waals surface area contributed by atoms with Gasteiger partial charge in [0.25, 0.3) is 5.91 Å². The monoisotopic (exact) mass is 316 g/mol. The summed E-state index contributed by atoms with van der Waals surface area (Å²) in [7, 11) is 1.21. The zero-order valence-corrected chi connectivity index (χ0v) is 12.3. The lowest BCUT2D eigenvalue weighted by atomic mass is 10.1. The lowest BCUT2D eigenvalue weighted by Gasteiger charge is -2.17. The van der Waals surface area contributed by atoms with E-state index in [4.69, 9.17) is 10.00 Å². The standard InChI is InChI=1S/C17H14F2N2O2/c1-23-16(15-13(18)3-2-4-14(15)19)17(22)21-10-12-7-5-11(9-20)6-8-12/h2-8,16H,10H2,1H3,(H,21,22). The molecule has 0 aromatic heterocycles. The third-order valence-corrected chi connectivity index (χ3v) is 3.29. The first kappa shape index (κ1) is 16.6. The number of carbonyl (C=O) groups excluding carboxylic acids is 1. The summed E-state index contributed by atoms with van der Waals surface area (Å²) in [6, 6.07) is 11.9. The van der Waals surface area contributed by atoms with Crippen molar-refractivity contribution < 1.29 is 18.3 Å². The predicted molar refractivity (Wildman–Crippen MR) is 79.1 cm³/mol. The molecule has 0 aliphatic heterocycles. The number of benzene rings is 2. The van der Waals surface area contributed by atoms with E-state index in [0.717, 1.165) is 17.7 Å². The van der Waals surface area contributed by atoms with Gasteiger partial charge in [0.1, 0.15) is 11.6 Å². The van der Waals surface area contributed by atoms with E-state index in [0.29, 0.717) is 5.56 Å². The first-order valence-corrected chi connectivity index (χ1v) is 6.80. The SMILES string of the molecule is COC(C(=O)NCc1ccc(C#N)cc1)c1c(F)cccc1F. The molecule has 0 radical (unpaired) electrons. The third kappa shape index (κ3) is 3.90. The van der Waals surface area contributed by atoms with E-state index < -0.39 is 29.2 Å². The Hall–Kier alpha value is -2.78. The summed E-state index contributed by atoms with van der Waals surface area (Å²) in [6.07, 6.45) is -1.38. The first-order chi connectivity index (χ1) is 11.1. The highest BCUT2D eigenvalue weighted by Gasteiger charge is 2.26. The molecule has 0 bridgehead atoms. The molecule has 1 amide bonds. The molecule has 6 heteroatoms. The molecular weight excluding hydrogens is 302 g/mol. The number of hydrogen-bond acceptors (Lipinski definition) is 3. The molecule has 1 unspecified atom stereocenters. The molecule has 23 heavy (non-hydrogen) atoms. The molecular formula is C17H14F2N2O2. The van der Waals surface area contributed by atoms with E-state index in [9.17, 15) is 13.6 Å². The molecule has 0 saturated heterocycles. The Morgan fingerprint density at radius 2 is 1.83 bits per heavy atom. The second-order valence-corrected chi connectivity index (χ2v) is 4.78. The molecule has 118 valence electrons. The Morgan fingerprint density at radius 3 is 2.35 bits per heavy atom. The summed E-state index contributed by atoms with van der Waals surface area (Å²) in [5.74, 6) is -2.34. The van der Waals surface area contributed by atoms with Crippen molar-refractivity contribution in [2.45, 2.75) is 12.6 Å². The zero-order valence-electron chi connectivity index (χ0n) is 12.3. The average Bonchev–Trinajstić information content (AvgIpc) is 2.56. The smallest absolute Gasteiger partial charge is 0.254 e. The fraction of sp³-hybridized carbons (Fsp3) is 0.176. The van der Waals surface area contributed by atoms with Gasteiger partial charge in [0, 0.05) is 13.7 Å². The average molecular weight is 316 g/mol. The Morgan fingerprint density at radius 1 is 1.22 bits per heavy atom. The third-order valence-electron chi connectivity index (χ3n) is 3.29. The van der Waals surface area contributed by atoms with Gasteiger partial charge in [-0.25, -0.2) is 8.78 Å². The van der Waals surface area contributed by atoms with Crippen LogP contribution in [0.1, 0.15) is 22.8 Å². The summed E-state index contributed by atoms with van der Waals surface area (Å²) in [5.41, 5.74) is 0.830. The van der Waals surface area contributed by atoms with Crippen molar-refractivity contribution in [2.75, 3.05) is 7.11 Å². The van der Waals surface area contributed by atoms with Crippen molar-refractivity contribution in [1.82, 2.24) is 5.32 Å². The van der Waals surface area contributed by atoms with Gasteiger partial charge in [0.2, 0.25) is 0 Å². The molecule has 0 fully saturated rings. The highest BCUT2D eigenvalue weighted by molar-refractivity contribution is 5.82. The van der Waals surface area contributed by atoms with Crippen LogP contribution in [-0.4, -0.2) is 13.0 Å². The number of methoxy groups -OCH3 is 1. The van der Waals surface area contributed by atoms with Gasteiger partial charge in [-0.15, -0.1) is 0 Å². The summed E-state index contributed by atoms with van der Waals surface area (Å²) in [4.78, 5) is 12.2.